The maximum atomic E-state index is 12.6. The van der Waals surface area contributed by atoms with Gasteiger partial charge in [-0.2, -0.15) is 0 Å². The highest BCUT2D eigenvalue weighted by molar-refractivity contribution is 6.12. The van der Waals surface area contributed by atoms with Gasteiger partial charge < -0.3 is 4.90 Å². The Labute approximate surface area is 127 Å². The lowest BCUT2D eigenvalue weighted by Gasteiger charge is -2.07. The van der Waals surface area contributed by atoms with Crippen molar-refractivity contribution in [1.29, 1.82) is 0 Å². The van der Waals surface area contributed by atoms with Crippen LogP contribution in [-0.2, 0) is 0 Å². The Morgan fingerprint density at radius 3 is 2.45 bits per heavy atom. The third-order valence-electron chi connectivity index (χ3n) is 2.90. The van der Waals surface area contributed by atoms with E-state index in [0.29, 0.717) is 11.3 Å². The number of hydrogen-bond acceptors (Lipinski definition) is 4. The zero-order valence-electron chi connectivity index (χ0n) is 12.3. The van der Waals surface area contributed by atoms with E-state index in [1.54, 1.807) is 55.7 Å². The fourth-order valence-electron chi connectivity index (χ4n) is 1.85. The largest absolute Gasteiger partial charge is 0.369 e. The minimum Gasteiger partial charge on any atom is -0.369 e. The number of carbonyl (C=O) groups is 1. The molecule has 22 heavy (non-hydrogen) atoms. The smallest absolute Gasteiger partial charge is 0.270 e. The van der Waals surface area contributed by atoms with Gasteiger partial charge in [0.1, 0.15) is 0 Å². The Kier molecular flexibility index (Phi) is 4.63. The van der Waals surface area contributed by atoms with E-state index in [1.165, 1.54) is 18.2 Å². The van der Waals surface area contributed by atoms with Crippen LogP contribution in [-0.4, -0.2) is 36.0 Å². The molecule has 6 nitrogen and oxygen atoms in total. The molecule has 2 aromatic carbocycles. The summed E-state index contributed by atoms with van der Waals surface area (Å²) >= 11 is 0. The molecule has 0 amide bonds. The normalized spacial score (nSPS) is 10.6. The van der Waals surface area contributed by atoms with Gasteiger partial charge in [-0.3, -0.25) is 14.9 Å². The summed E-state index contributed by atoms with van der Waals surface area (Å²) in [5.41, 5.74) is 0.930. The minimum atomic E-state index is -0.527. The van der Waals surface area contributed by atoms with Crippen LogP contribution < -0.4 is 0 Å². The van der Waals surface area contributed by atoms with E-state index in [0.717, 1.165) is 0 Å². The van der Waals surface area contributed by atoms with Gasteiger partial charge in [0.25, 0.3) is 5.69 Å². The second-order valence-electron chi connectivity index (χ2n) is 4.86. The summed E-state index contributed by atoms with van der Waals surface area (Å²) in [4.78, 5) is 28.9. The summed E-state index contributed by atoms with van der Waals surface area (Å²) in [6.45, 7) is 0. The highest BCUT2D eigenvalue weighted by atomic mass is 16.6. The number of ketones is 1. The van der Waals surface area contributed by atoms with Crippen LogP contribution >= 0.6 is 0 Å². The summed E-state index contributed by atoms with van der Waals surface area (Å²) in [5.74, 6) is -0.296. The number of nitrogens with zero attached hydrogens (tertiary/aromatic N) is 3. The van der Waals surface area contributed by atoms with E-state index in [2.05, 4.69) is 4.99 Å². The highest BCUT2D eigenvalue weighted by Crippen LogP contribution is 2.26. The monoisotopic (exact) mass is 297 g/mol. The minimum absolute atomic E-state index is 0.136. The summed E-state index contributed by atoms with van der Waals surface area (Å²) in [5, 5.41) is 10.9. The Morgan fingerprint density at radius 1 is 1.18 bits per heavy atom. The fraction of sp³-hybridized carbons (Fsp3) is 0.125. The number of non-ortho nitro benzene ring substituents is 1. The lowest BCUT2D eigenvalue weighted by molar-refractivity contribution is -0.384. The van der Waals surface area contributed by atoms with E-state index in [9.17, 15) is 14.9 Å². The van der Waals surface area contributed by atoms with E-state index in [1.807, 2.05) is 0 Å². The first-order valence-electron chi connectivity index (χ1n) is 6.58. The summed E-state index contributed by atoms with van der Waals surface area (Å²) in [6.07, 6.45) is 1.54. The summed E-state index contributed by atoms with van der Waals surface area (Å²) in [7, 11) is 3.60. The van der Waals surface area contributed by atoms with Crippen LogP contribution in [0.1, 0.15) is 15.9 Å². The number of rotatable bonds is 5. The molecule has 0 aliphatic rings. The van der Waals surface area contributed by atoms with Crippen molar-refractivity contribution in [3.05, 3.63) is 69.8 Å². The summed E-state index contributed by atoms with van der Waals surface area (Å²) in [6, 6.07) is 12.7. The van der Waals surface area contributed by atoms with Gasteiger partial charge in [-0.1, -0.05) is 30.3 Å². The van der Waals surface area contributed by atoms with Crippen LogP contribution in [0.3, 0.4) is 0 Å². The zero-order chi connectivity index (χ0) is 16.1. The molecule has 0 unspecified atom stereocenters. The van der Waals surface area contributed by atoms with Crippen molar-refractivity contribution in [2.45, 2.75) is 0 Å². The molecule has 0 spiro atoms. The lowest BCUT2D eigenvalue weighted by Crippen LogP contribution is -2.08. The van der Waals surface area contributed by atoms with Crippen molar-refractivity contribution in [1.82, 2.24) is 4.90 Å². The molecule has 0 saturated carbocycles. The molecule has 112 valence electrons. The van der Waals surface area contributed by atoms with Crippen LogP contribution in [0.4, 0.5) is 11.4 Å². The molecule has 0 heterocycles. The molecule has 2 rings (SSSR count). The van der Waals surface area contributed by atoms with E-state index >= 15 is 0 Å². The molecule has 0 aliphatic heterocycles. The van der Waals surface area contributed by atoms with Gasteiger partial charge in [0, 0.05) is 31.8 Å². The standard InChI is InChI=1S/C16H15N3O3/c1-18(2)11-17-15-9-8-13(19(21)22)10-14(15)16(20)12-6-4-3-5-7-12/h3-11H,1-2H3. The van der Waals surface area contributed by atoms with Gasteiger partial charge in [-0.25, -0.2) is 4.99 Å². The van der Waals surface area contributed by atoms with Crippen molar-refractivity contribution in [2.75, 3.05) is 14.1 Å². The maximum absolute atomic E-state index is 12.6. The number of nitro benzene ring substituents is 1. The summed E-state index contributed by atoms with van der Waals surface area (Å²) < 4.78 is 0. The third-order valence-corrected chi connectivity index (χ3v) is 2.90. The lowest BCUT2D eigenvalue weighted by atomic mass is 10.0. The molecule has 6 heteroatoms. The van der Waals surface area contributed by atoms with Crippen LogP contribution in [0, 0.1) is 10.1 Å². The van der Waals surface area contributed by atoms with E-state index in [4.69, 9.17) is 0 Å². The number of nitro groups is 1. The average Bonchev–Trinajstić information content (AvgIpc) is 2.52. The average molecular weight is 297 g/mol. The van der Waals surface area contributed by atoms with Gasteiger partial charge in [-0.05, 0) is 6.07 Å². The predicted octanol–water partition coefficient (Wildman–Crippen LogP) is 3.05. The molecule has 0 fully saturated rings. The maximum Gasteiger partial charge on any atom is 0.270 e. The van der Waals surface area contributed by atoms with Crippen LogP contribution in [0.2, 0.25) is 0 Å². The predicted molar refractivity (Wildman–Crippen MR) is 84.8 cm³/mol. The fourth-order valence-corrected chi connectivity index (χ4v) is 1.85. The molecule has 0 N–H and O–H groups in total. The Morgan fingerprint density at radius 2 is 1.86 bits per heavy atom. The SMILES string of the molecule is CN(C)C=Nc1ccc([N+](=O)[O-])cc1C(=O)c1ccccc1. The van der Waals surface area contributed by atoms with Crippen LogP contribution in [0.5, 0.6) is 0 Å². The first kappa shape index (κ1) is 15.4. The molecule has 2 aromatic rings. The van der Waals surface area contributed by atoms with Crippen molar-refractivity contribution >= 4 is 23.5 Å². The van der Waals surface area contributed by atoms with Crippen molar-refractivity contribution < 1.29 is 9.72 Å². The molecule has 0 atom stereocenters. The van der Waals surface area contributed by atoms with E-state index in [-0.39, 0.29) is 17.0 Å². The quantitative estimate of drug-likeness (QED) is 0.279. The number of aliphatic imine (C=N–C) groups is 1. The van der Waals surface area contributed by atoms with E-state index < -0.39 is 4.92 Å². The topological polar surface area (TPSA) is 75.8 Å². The number of benzene rings is 2. The zero-order valence-corrected chi connectivity index (χ0v) is 12.3. The Balaban J connectivity index is 2.52. The Bertz CT molecular complexity index is 725. The van der Waals surface area contributed by atoms with Gasteiger partial charge in [-0.15, -0.1) is 0 Å². The van der Waals surface area contributed by atoms with Gasteiger partial charge in [0.2, 0.25) is 0 Å². The van der Waals surface area contributed by atoms with Crippen LogP contribution in [0.25, 0.3) is 0 Å². The molecule has 0 aliphatic carbocycles. The first-order valence-corrected chi connectivity index (χ1v) is 6.58. The molecular weight excluding hydrogens is 282 g/mol. The molecule has 0 radical (unpaired) electrons. The van der Waals surface area contributed by atoms with Gasteiger partial charge >= 0.3 is 0 Å². The second kappa shape index (κ2) is 6.62. The molecule has 0 bridgehead atoms. The third kappa shape index (κ3) is 3.54. The Hall–Kier alpha value is -3.02. The van der Waals surface area contributed by atoms with Gasteiger partial charge in [0.05, 0.1) is 22.5 Å². The number of hydrogen-bond donors (Lipinski definition) is 0. The van der Waals surface area contributed by atoms with Crippen molar-refractivity contribution in [3.8, 4) is 0 Å². The first-order chi connectivity index (χ1) is 10.5. The number of carbonyl (C=O) groups excluding carboxylic acids is 1. The van der Waals surface area contributed by atoms with Gasteiger partial charge in [0.15, 0.2) is 5.78 Å². The molecule has 0 saturated heterocycles. The second-order valence-corrected chi connectivity index (χ2v) is 4.86. The molecular formula is C16H15N3O3. The highest BCUT2D eigenvalue weighted by Gasteiger charge is 2.17. The van der Waals surface area contributed by atoms with Crippen molar-refractivity contribution in [2.24, 2.45) is 4.99 Å². The molecule has 0 aromatic heterocycles. The van der Waals surface area contributed by atoms with Crippen LogP contribution in [0.15, 0.2) is 53.5 Å². The van der Waals surface area contributed by atoms with Crippen molar-refractivity contribution in [3.63, 3.8) is 0 Å².